The van der Waals surface area contributed by atoms with Gasteiger partial charge in [-0.2, -0.15) is 17.6 Å². The van der Waals surface area contributed by atoms with Crippen LogP contribution in [-0.2, 0) is 17.2 Å². The summed E-state index contributed by atoms with van der Waals surface area (Å²) in [7, 11) is -1.66. The van der Waals surface area contributed by atoms with Crippen LogP contribution in [0.4, 0.5) is 17.6 Å². The van der Waals surface area contributed by atoms with Crippen molar-refractivity contribution in [3.63, 3.8) is 0 Å². The first kappa shape index (κ1) is 16.8. The first-order valence-electron chi connectivity index (χ1n) is 5.78. The van der Waals surface area contributed by atoms with E-state index in [-0.39, 0.29) is 11.3 Å². The van der Waals surface area contributed by atoms with Crippen LogP contribution < -0.4 is 0 Å². The fourth-order valence-electron chi connectivity index (χ4n) is 1.34. The van der Waals surface area contributed by atoms with E-state index in [0.717, 1.165) is 6.07 Å². The van der Waals surface area contributed by atoms with Gasteiger partial charge in [-0.3, -0.25) is 0 Å². The molecular formula is C13H15F4NOS. The van der Waals surface area contributed by atoms with E-state index in [2.05, 4.69) is 4.40 Å². The summed E-state index contributed by atoms with van der Waals surface area (Å²) in [5, 5.41) is 0. The predicted molar refractivity (Wildman–Crippen MR) is 71.5 cm³/mol. The highest BCUT2D eigenvalue weighted by Gasteiger charge is 2.35. The van der Waals surface area contributed by atoms with Gasteiger partial charge in [-0.15, -0.1) is 0 Å². The van der Waals surface area contributed by atoms with Gasteiger partial charge in [0.25, 0.3) is 0 Å². The fourth-order valence-corrected chi connectivity index (χ4v) is 1.96. The molecule has 2 nitrogen and oxygen atoms in total. The second-order valence-electron chi connectivity index (χ2n) is 5.20. The van der Waals surface area contributed by atoms with Crippen LogP contribution in [0.3, 0.4) is 0 Å². The summed E-state index contributed by atoms with van der Waals surface area (Å²) >= 11 is 0. The van der Waals surface area contributed by atoms with E-state index in [9.17, 15) is 21.8 Å². The van der Waals surface area contributed by atoms with Gasteiger partial charge < -0.3 is 0 Å². The number of hydrogen-bond donors (Lipinski definition) is 0. The molecule has 1 unspecified atom stereocenters. The molecule has 1 atom stereocenters. The van der Waals surface area contributed by atoms with Gasteiger partial charge in [0.05, 0.1) is 16.0 Å². The second-order valence-corrected chi connectivity index (χ2v) is 7.11. The van der Waals surface area contributed by atoms with Crippen molar-refractivity contribution in [2.75, 3.05) is 0 Å². The van der Waals surface area contributed by atoms with E-state index in [1.54, 1.807) is 20.8 Å². The molecule has 0 spiro atoms. The second kappa shape index (κ2) is 5.63. The molecule has 0 aliphatic heterocycles. The van der Waals surface area contributed by atoms with Crippen molar-refractivity contribution in [1.29, 1.82) is 0 Å². The summed E-state index contributed by atoms with van der Waals surface area (Å²) in [6.45, 7) is 6.34. The molecule has 1 aromatic carbocycles. The molecule has 0 fully saturated rings. The summed E-state index contributed by atoms with van der Waals surface area (Å²) in [5.74, 6) is -1.40. The van der Waals surface area contributed by atoms with Gasteiger partial charge in [0, 0.05) is 5.56 Å². The maximum atomic E-state index is 13.9. The van der Waals surface area contributed by atoms with Gasteiger partial charge in [-0.25, -0.2) is 8.60 Å². The molecule has 0 N–H and O–H groups in total. The molecule has 20 heavy (non-hydrogen) atoms. The van der Waals surface area contributed by atoms with Gasteiger partial charge in [0.15, 0.2) is 0 Å². The monoisotopic (exact) mass is 309 g/mol. The minimum absolute atomic E-state index is 0.0261. The van der Waals surface area contributed by atoms with Crippen LogP contribution in [0.1, 0.15) is 38.8 Å². The molecule has 0 saturated carbocycles. The Morgan fingerprint density at radius 1 is 1.20 bits per heavy atom. The smallest absolute Gasteiger partial charge is 0.234 e. The molecule has 0 aliphatic rings. The van der Waals surface area contributed by atoms with Crippen molar-refractivity contribution in [2.24, 2.45) is 4.40 Å². The quantitative estimate of drug-likeness (QED) is 0.597. The van der Waals surface area contributed by atoms with E-state index in [1.807, 2.05) is 0 Å². The van der Waals surface area contributed by atoms with Gasteiger partial charge in [0.1, 0.15) is 16.8 Å². The molecule has 0 aliphatic carbocycles. The highest BCUT2D eigenvalue weighted by atomic mass is 32.2. The number of nitrogens with zero attached hydrogens (tertiary/aromatic N) is 1. The number of hydrogen-bond acceptors (Lipinski definition) is 1. The molecule has 0 bridgehead atoms. The van der Waals surface area contributed by atoms with Crippen molar-refractivity contribution in [3.8, 4) is 0 Å². The first-order valence-corrected chi connectivity index (χ1v) is 6.88. The molecule has 0 saturated heterocycles. The highest BCUT2D eigenvalue weighted by molar-refractivity contribution is 7.85. The Hall–Kier alpha value is -1.24. The van der Waals surface area contributed by atoms with E-state index >= 15 is 0 Å². The SMILES string of the molecule is C/C(=N\S(=O)C(C)(C)C)c1cccc(C(F)(F)F)c1F. The van der Waals surface area contributed by atoms with Gasteiger partial charge >= 0.3 is 6.18 Å². The third-order valence-electron chi connectivity index (χ3n) is 2.44. The molecule has 0 heterocycles. The lowest BCUT2D eigenvalue weighted by Crippen LogP contribution is -2.21. The zero-order valence-electron chi connectivity index (χ0n) is 11.5. The summed E-state index contributed by atoms with van der Waals surface area (Å²) < 4.78 is 66.6. The molecular weight excluding hydrogens is 294 g/mol. The molecule has 7 heteroatoms. The fraction of sp³-hybridized carbons (Fsp3) is 0.462. The van der Waals surface area contributed by atoms with E-state index in [4.69, 9.17) is 0 Å². The minimum atomic E-state index is -4.77. The van der Waals surface area contributed by atoms with Crippen molar-refractivity contribution in [1.82, 2.24) is 0 Å². The normalized spacial score (nSPS) is 15.3. The molecule has 1 aromatic rings. The lowest BCUT2D eigenvalue weighted by molar-refractivity contribution is -0.140. The van der Waals surface area contributed by atoms with Gasteiger partial charge in [-0.1, -0.05) is 12.1 Å². The molecule has 0 radical (unpaired) electrons. The topological polar surface area (TPSA) is 29.4 Å². The zero-order valence-corrected chi connectivity index (χ0v) is 12.3. The first-order chi connectivity index (χ1) is 8.94. The number of alkyl halides is 3. The minimum Gasteiger partial charge on any atom is -0.234 e. The van der Waals surface area contributed by atoms with E-state index in [0.29, 0.717) is 6.07 Å². The van der Waals surface area contributed by atoms with Crippen LogP contribution in [-0.4, -0.2) is 14.7 Å². The van der Waals surface area contributed by atoms with Gasteiger partial charge in [0.2, 0.25) is 0 Å². The predicted octanol–water partition coefficient (Wildman–Crippen LogP) is 4.12. The van der Waals surface area contributed by atoms with Crippen LogP contribution in [0.5, 0.6) is 0 Å². The summed E-state index contributed by atoms with van der Waals surface area (Å²) in [5.41, 5.74) is -1.68. The zero-order chi connectivity index (χ0) is 15.7. The maximum absolute atomic E-state index is 13.9. The largest absolute Gasteiger partial charge is 0.419 e. The third kappa shape index (κ3) is 3.88. The Labute approximate surface area is 117 Å². The lowest BCUT2D eigenvalue weighted by Gasteiger charge is -2.15. The van der Waals surface area contributed by atoms with Crippen LogP contribution in [0, 0.1) is 5.82 Å². The molecule has 0 amide bonds. The lowest BCUT2D eigenvalue weighted by atomic mass is 10.1. The Morgan fingerprint density at radius 3 is 2.20 bits per heavy atom. The Balaban J connectivity index is 3.29. The van der Waals surface area contributed by atoms with Gasteiger partial charge in [-0.05, 0) is 33.8 Å². The summed E-state index contributed by atoms with van der Waals surface area (Å²) in [6.07, 6.45) is -4.77. The number of halogens is 4. The van der Waals surface area contributed by atoms with Crippen LogP contribution >= 0.6 is 0 Å². The Bertz CT molecular complexity index is 558. The maximum Gasteiger partial charge on any atom is 0.419 e. The van der Waals surface area contributed by atoms with Crippen molar-refractivity contribution in [3.05, 3.63) is 35.1 Å². The standard InChI is InChI=1S/C13H15F4NOS/c1-8(18-20(19)12(2,3)4)9-6-5-7-10(11(9)14)13(15,16)17/h5-7H,1-4H3/b18-8+. The molecule has 112 valence electrons. The third-order valence-corrected chi connectivity index (χ3v) is 3.93. The summed E-state index contributed by atoms with van der Waals surface area (Å²) in [4.78, 5) is 0. The van der Waals surface area contributed by atoms with E-state index in [1.165, 1.54) is 13.0 Å². The van der Waals surface area contributed by atoms with Crippen molar-refractivity contribution in [2.45, 2.75) is 38.6 Å². The average molecular weight is 309 g/mol. The Kier molecular flexibility index (Phi) is 4.74. The van der Waals surface area contributed by atoms with Crippen molar-refractivity contribution >= 4 is 16.7 Å². The van der Waals surface area contributed by atoms with Crippen LogP contribution in [0.15, 0.2) is 22.6 Å². The average Bonchev–Trinajstić information content (AvgIpc) is 2.26. The summed E-state index contributed by atoms with van der Waals surface area (Å²) in [6, 6.07) is 2.94. The Morgan fingerprint density at radius 2 is 1.75 bits per heavy atom. The van der Waals surface area contributed by atoms with Crippen LogP contribution in [0.2, 0.25) is 0 Å². The molecule has 0 aromatic heterocycles. The van der Waals surface area contributed by atoms with Crippen molar-refractivity contribution < 1.29 is 21.8 Å². The number of benzene rings is 1. The number of rotatable bonds is 2. The molecule has 1 rings (SSSR count). The highest BCUT2D eigenvalue weighted by Crippen LogP contribution is 2.32. The van der Waals surface area contributed by atoms with E-state index < -0.39 is 33.3 Å². The van der Waals surface area contributed by atoms with Crippen LogP contribution in [0.25, 0.3) is 0 Å².